The van der Waals surface area contributed by atoms with Gasteiger partial charge in [0.05, 0.1) is 17.2 Å². The van der Waals surface area contributed by atoms with Crippen LogP contribution in [0.5, 0.6) is 0 Å². The Kier molecular flexibility index (Phi) is 3.71. The largest absolute Gasteiger partial charge is 0.477 e. The molecule has 1 aromatic rings. The van der Waals surface area contributed by atoms with Gasteiger partial charge in [-0.05, 0) is 25.3 Å². The van der Waals surface area contributed by atoms with Crippen molar-refractivity contribution >= 4 is 11.9 Å². The maximum atomic E-state index is 12.3. The molecule has 6 heteroatoms. The third kappa shape index (κ3) is 2.68. The Morgan fingerprint density at radius 1 is 1.33 bits per heavy atom. The summed E-state index contributed by atoms with van der Waals surface area (Å²) in [4.78, 5) is 25.7. The van der Waals surface area contributed by atoms with Gasteiger partial charge in [-0.1, -0.05) is 19.3 Å². The lowest BCUT2D eigenvalue weighted by Gasteiger charge is -2.38. The minimum absolute atomic E-state index is 0.0217. The van der Waals surface area contributed by atoms with E-state index in [4.69, 9.17) is 9.84 Å². The highest BCUT2D eigenvalue weighted by molar-refractivity contribution is 5.97. The van der Waals surface area contributed by atoms with E-state index in [0.717, 1.165) is 32.1 Å². The first-order valence-corrected chi connectivity index (χ1v) is 7.47. The molecule has 0 aromatic carbocycles. The molecule has 2 fully saturated rings. The molecule has 1 unspecified atom stereocenters. The second-order valence-electron chi connectivity index (χ2n) is 5.90. The summed E-state index contributed by atoms with van der Waals surface area (Å²) in [5, 5.41) is 11.9. The molecule has 0 radical (unpaired) electrons. The zero-order valence-electron chi connectivity index (χ0n) is 11.9. The minimum atomic E-state index is -1.07. The SMILES string of the molecule is O=C(NC1CCOC12CCCCC2)c1c[nH]c(C(=O)O)c1. The number of carbonyl (C=O) groups is 2. The second kappa shape index (κ2) is 5.52. The quantitative estimate of drug-likeness (QED) is 0.794. The van der Waals surface area contributed by atoms with Crippen LogP contribution in [0.4, 0.5) is 0 Å². The maximum Gasteiger partial charge on any atom is 0.352 e. The number of H-pyrrole nitrogens is 1. The van der Waals surface area contributed by atoms with Crippen LogP contribution in [0.1, 0.15) is 59.4 Å². The van der Waals surface area contributed by atoms with Crippen molar-refractivity contribution in [3.63, 3.8) is 0 Å². The first-order valence-electron chi connectivity index (χ1n) is 7.47. The van der Waals surface area contributed by atoms with E-state index >= 15 is 0 Å². The molecule has 1 amide bonds. The molecule has 1 aromatic heterocycles. The van der Waals surface area contributed by atoms with Gasteiger partial charge in [0.15, 0.2) is 0 Å². The molecule has 2 heterocycles. The normalized spacial score (nSPS) is 24.1. The van der Waals surface area contributed by atoms with Gasteiger partial charge in [-0.2, -0.15) is 0 Å². The molecule has 2 aliphatic rings. The van der Waals surface area contributed by atoms with Crippen LogP contribution in [-0.2, 0) is 4.74 Å². The Labute approximate surface area is 122 Å². The van der Waals surface area contributed by atoms with E-state index in [9.17, 15) is 9.59 Å². The molecule has 6 nitrogen and oxygen atoms in total. The summed E-state index contributed by atoms with van der Waals surface area (Å²) >= 11 is 0. The van der Waals surface area contributed by atoms with E-state index in [-0.39, 0.29) is 23.2 Å². The van der Waals surface area contributed by atoms with Gasteiger partial charge < -0.3 is 20.1 Å². The lowest BCUT2D eigenvalue weighted by molar-refractivity contribution is -0.0375. The van der Waals surface area contributed by atoms with Gasteiger partial charge in [0.25, 0.3) is 5.91 Å². The third-order valence-corrected chi connectivity index (χ3v) is 4.61. The molecule has 1 aliphatic heterocycles. The number of hydrogen-bond donors (Lipinski definition) is 3. The Hall–Kier alpha value is -1.82. The Morgan fingerprint density at radius 3 is 2.76 bits per heavy atom. The monoisotopic (exact) mass is 292 g/mol. The molecular weight excluding hydrogens is 272 g/mol. The summed E-state index contributed by atoms with van der Waals surface area (Å²) in [5.41, 5.74) is 0.167. The molecule has 0 bridgehead atoms. The van der Waals surface area contributed by atoms with E-state index in [1.165, 1.54) is 18.7 Å². The number of rotatable bonds is 3. The van der Waals surface area contributed by atoms with Crippen molar-refractivity contribution < 1.29 is 19.4 Å². The van der Waals surface area contributed by atoms with Crippen molar-refractivity contribution in [2.45, 2.75) is 50.2 Å². The predicted molar refractivity (Wildman–Crippen MR) is 75.4 cm³/mol. The van der Waals surface area contributed by atoms with Gasteiger partial charge in [-0.25, -0.2) is 4.79 Å². The van der Waals surface area contributed by atoms with E-state index in [1.807, 2.05) is 0 Å². The molecule has 3 N–H and O–H groups in total. The molecular formula is C15H20N2O4. The van der Waals surface area contributed by atoms with Crippen LogP contribution in [0.2, 0.25) is 0 Å². The number of aromatic amines is 1. The molecule has 1 spiro atoms. The summed E-state index contributed by atoms with van der Waals surface area (Å²) in [6.45, 7) is 0.679. The van der Waals surface area contributed by atoms with Gasteiger partial charge in [0.1, 0.15) is 5.69 Å². The van der Waals surface area contributed by atoms with Crippen LogP contribution in [0.25, 0.3) is 0 Å². The maximum absolute atomic E-state index is 12.3. The van der Waals surface area contributed by atoms with E-state index in [0.29, 0.717) is 12.2 Å². The highest BCUT2D eigenvalue weighted by atomic mass is 16.5. The van der Waals surface area contributed by atoms with Crippen molar-refractivity contribution in [1.82, 2.24) is 10.3 Å². The molecule has 1 aliphatic carbocycles. The summed E-state index contributed by atoms with van der Waals surface area (Å²) < 4.78 is 5.96. The predicted octanol–water partition coefficient (Wildman–Crippen LogP) is 1.93. The van der Waals surface area contributed by atoms with Gasteiger partial charge >= 0.3 is 5.97 Å². The van der Waals surface area contributed by atoms with Crippen LogP contribution < -0.4 is 5.32 Å². The number of hydrogen-bond acceptors (Lipinski definition) is 3. The van der Waals surface area contributed by atoms with Gasteiger partial charge in [-0.15, -0.1) is 0 Å². The highest BCUT2D eigenvalue weighted by Gasteiger charge is 2.45. The van der Waals surface area contributed by atoms with E-state index < -0.39 is 5.97 Å². The average molecular weight is 292 g/mol. The van der Waals surface area contributed by atoms with Gasteiger partial charge in [-0.3, -0.25) is 4.79 Å². The zero-order valence-corrected chi connectivity index (χ0v) is 11.9. The summed E-state index contributed by atoms with van der Waals surface area (Å²) in [7, 11) is 0. The standard InChI is InChI=1S/C15H20N2O4/c18-13(10-8-11(14(19)20)16-9-10)17-12-4-7-21-15(12)5-2-1-3-6-15/h8-9,12,16H,1-7H2,(H,17,18)(H,19,20). The van der Waals surface area contributed by atoms with Crippen molar-refractivity contribution in [2.24, 2.45) is 0 Å². The fourth-order valence-electron chi connectivity index (χ4n) is 3.48. The topological polar surface area (TPSA) is 91.4 Å². The number of aromatic nitrogens is 1. The summed E-state index contributed by atoms with van der Waals surface area (Å²) in [6.07, 6.45) is 7.74. The number of carboxylic acids is 1. The van der Waals surface area contributed by atoms with Crippen molar-refractivity contribution in [3.05, 3.63) is 23.5 Å². The van der Waals surface area contributed by atoms with Crippen molar-refractivity contribution in [1.29, 1.82) is 0 Å². The van der Waals surface area contributed by atoms with Crippen LogP contribution in [-0.4, -0.2) is 40.2 Å². The van der Waals surface area contributed by atoms with Crippen LogP contribution in [0.3, 0.4) is 0 Å². The molecule has 21 heavy (non-hydrogen) atoms. The van der Waals surface area contributed by atoms with Crippen molar-refractivity contribution in [3.8, 4) is 0 Å². The first kappa shape index (κ1) is 14.1. The fourth-order valence-corrected chi connectivity index (χ4v) is 3.48. The van der Waals surface area contributed by atoms with Crippen LogP contribution in [0, 0.1) is 0 Å². The number of aromatic carboxylic acids is 1. The Morgan fingerprint density at radius 2 is 2.10 bits per heavy atom. The number of carbonyl (C=O) groups excluding carboxylic acids is 1. The van der Waals surface area contributed by atoms with Gasteiger partial charge in [0.2, 0.25) is 0 Å². The third-order valence-electron chi connectivity index (χ3n) is 4.61. The Bertz CT molecular complexity index is 546. The van der Waals surface area contributed by atoms with Crippen LogP contribution >= 0.6 is 0 Å². The lowest BCUT2D eigenvalue weighted by Crippen LogP contribution is -2.50. The van der Waals surface area contributed by atoms with Gasteiger partial charge in [0, 0.05) is 12.8 Å². The smallest absolute Gasteiger partial charge is 0.352 e. The fraction of sp³-hybridized carbons (Fsp3) is 0.600. The number of amides is 1. The number of nitrogens with one attached hydrogen (secondary N) is 2. The lowest BCUT2D eigenvalue weighted by atomic mass is 9.79. The first-order chi connectivity index (χ1) is 10.1. The minimum Gasteiger partial charge on any atom is -0.477 e. The molecule has 1 saturated carbocycles. The average Bonchev–Trinajstić information content (AvgIpc) is 3.09. The van der Waals surface area contributed by atoms with E-state index in [2.05, 4.69) is 10.3 Å². The Balaban J connectivity index is 1.69. The van der Waals surface area contributed by atoms with Crippen molar-refractivity contribution in [2.75, 3.05) is 6.61 Å². The highest BCUT2D eigenvalue weighted by Crippen LogP contribution is 2.39. The molecule has 3 rings (SSSR count). The summed E-state index contributed by atoms with van der Waals surface area (Å²) in [6, 6.07) is 1.38. The number of carboxylic acid groups (broad SMARTS) is 1. The van der Waals surface area contributed by atoms with E-state index in [1.54, 1.807) is 0 Å². The van der Waals surface area contributed by atoms with Crippen LogP contribution in [0.15, 0.2) is 12.3 Å². The molecule has 114 valence electrons. The number of ether oxygens (including phenoxy) is 1. The molecule has 1 atom stereocenters. The second-order valence-corrected chi connectivity index (χ2v) is 5.90. The zero-order chi connectivity index (χ0) is 14.9. The molecule has 1 saturated heterocycles. The summed E-state index contributed by atoms with van der Waals surface area (Å²) in [5.74, 6) is -1.30.